The number of carbonyl (C=O) groups is 1. The van der Waals surface area contributed by atoms with E-state index < -0.39 is 6.10 Å². The van der Waals surface area contributed by atoms with Gasteiger partial charge in [0.2, 0.25) is 0 Å². The van der Waals surface area contributed by atoms with Gasteiger partial charge >= 0.3 is 50.5 Å². The molecule has 6 bridgehead atoms. The van der Waals surface area contributed by atoms with E-state index in [-0.39, 0.29) is 70.4 Å². The number of benzene rings is 3. The van der Waals surface area contributed by atoms with E-state index in [4.69, 9.17) is 28.4 Å². The van der Waals surface area contributed by atoms with Gasteiger partial charge in [-0.15, -0.1) is 24.0 Å². The van der Waals surface area contributed by atoms with Gasteiger partial charge in [-0.2, -0.15) is 0 Å². The Bertz CT molecular complexity index is 2590. The molecule has 15 rings (SSSR count). The Morgan fingerprint density at radius 2 is 1.06 bits per heavy atom. The van der Waals surface area contributed by atoms with Crippen molar-refractivity contribution in [1.82, 2.24) is 14.7 Å². The van der Waals surface area contributed by atoms with Gasteiger partial charge in [-0.05, 0) is 145 Å². The molecule has 0 unspecified atom stereocenters. The third-order valence-electron chi connectivity index (χ3n) is 19.7. The zero-order valence-electron chi connectivity index (χ0n) is 41.6. The molecule has 12 aliphatic rings. The maximum absolute atomic E-state index is 12.6. The van der Waals surface area contributed by atoms with Crippen LogP contribution in [0.25, 0.3) is 0 Å². The molecule has 6 aliphatic carbocycles. The second-order valence-electron chi connectivity index (χ2n) is 21.9. The quantitative estimate of drug-likeness (QED) is 0.226. The molecule has 5 fully saturated rings. The molecule has 394 valence electrons. The van der Waals surface area contributed by atoms with Crippen LogP contribution in [0.2, 0.25) is 0 Å². The van der Waals surface area contributed by atoms with Crippen LogP contribution in [0.3, 0.4) is 0 Å². The number of ketones is 1. The molecule has 0 radical (unpaired) electrons. The number of rotatable bonds is 3. The molecule has 3 spiro atoms. The summed E-state index contributed by atoms with van der Waals surface area (Å²) in [6.07, 6.45) is 12.7. The monoisotopic (exact) mass is 1660 g/mol. The van der Waals surface area contributed by atoms with E-state index in [1.54, 1.807) is 21.3 Å². The Labute approximate surface area is 494 Å². The third kappa shape index (κ3) is 8.02. The Morgan fingerprint density at radius 1 is 0.611 bits per heavy atom. The molecule has 6 aliphatic heterocycles. The second-order valence-corrected chi connectivity index (χ2v) is 38.2. The molecule has 0 amide bonds. The topological polar surface area (TPSA) is 123 Å². The van der Waals surface area contributed by atoms with Crippen molar-refractivity contribution in [2.24, 2.45) is 17.8 Å². The SMILES string of the molecule is COc1ccc2c3c1O[C@H]1C(=O)CC[C@H]4[C@@H](C2)N(C)CC[C@]314.COc1ccc2c3c1O[C@H]1[C@@H](O)C=C[C@H]4[C@@H](C2)N(C)CC[C@@]341.COc1ccc2c3c1O[C@H]1[C@@H](O)CC[C@H]4[C@@H](C2)N(C)CC[C@@]341.I.II.I[I-]I. The van der Waals surface area contributed by atoms with Crippen molar-refractivity contribution in [3.8, 4) is 34.5 Å². The number of hydrogen-bond acceptors (Lipinski definition) is 12. The molecule has 12 nitrogen and oxygen atoms in total. The van der Waals surface area contributed by atoms with Crippen molar-refractivity contribution < 1.29 is 56.7 Å². The first-order valence-electron chi connectivity index (χ1n) is 25.2. The number of carbonyl (C=O) groups excluding carboxylic acids is 1. The third-order valence-corrected chi connectivity index (χ3v) is 19.7. The summed E-state index contributed by atoms with van der Waals surface area (Å²) >= 11 is 9.54. The van der Waals surface area contributed by atoms with Gasteiger partial charge in [0.1, 0.15) is 18.3 Å². The van der Waals surface area contributed by atoms with Crippen LogP contribution in [0.4, 0.5) is 0 Å². The number of ether oxygens (including phenoxy) is 6. The maximum atomic E-state index is 12.6. The van der Waals surface area contributed by atoms with Crippen LogP contribution >= 0.6 is 98.4 Å². The van der Waals surface area contributed by atoms with Crippen LogP contribution in [0.5, 0.6) is 34.5 Å². The summed E-state index contributed by atoms with van der Waals surface area (Å²) in [5.41, 5.74) is 7.95. The van der Waals surface area contributed by atoms with Gasteiger partial charge in [-0.1, -0.05) is 30.4 Å². The van der Waals surface area contributed by atoms with E-state index in [0.29, 0.717) is 55.6 Å². The number of likely N-dealkylation sites (N-methyl/N-ethyl adjacent to an activating group) is 3. The number of aliphatic hydroxyl groups is 2. The van der Waals surface area contributed by atoms with Crippen molar-refractivity contribution in [2.45, 2.75) is 129 Å². The van der Waals surface area contributed by atoms with Crippen molar-refractivity contribution in [3.05, 3.63) is 81.9 Å². The van der Waals surface area contributed by atoms with E-state index in [9.17, 15) is 15.0 Å². The first kappa shape index (κ1) is 55.4. The van der Waals surface area contributed by atoms with Crippen molar-refractivity contribution in [3.63, 3.8) is 0 Å². The minimum absolute atomic E-state index is 0. The summed E-state index contributed by atoms with van der Waals surface area (Å²) in [6.45, 7) is 3.19. The fraction of sp³-hybridized carbons (Fsp3) is 0.611. The summed E-state index contributed by atoms with van der Waals surface area (Å²) in [5, 5.41) is 21.2. The number of hydrogen-bond donors (Lipinski definition) is 2. The number of aliphatic hydroxyl groups excluding tert-OH is 2. The van der Waals surface area contributed by atoms with Crippen LogP contribution in [0.1, 0.15) is 78.3 Å². The molecular weight excluding hydrogens is 1600 g/mol. The van der Waals surface area contributed by atoms with E-state index in [2.05, 4.69) is 135 Å². The standard InChI is InChI=1S/C18H23NO3.2C18H21NO3.I3.I2.HI/c3*1-19-8-7-18-11-4-5-13(20)17(18)22-16-14(21-2)6-3-10(15(16)18)9-12(11)19;1-3-2;1-2;/h3,6,11-13,17,20H,4-5,7-9H2,1-2H3;3,6,11-12,17H,4-5,7-9H2,1-2H3;3-6,11-13,17,20H,7-9H2,1-2H3;;;1H/q;;;-1;;/t11-,12+,13-,17-,18-;11-,12+,17-,18-;11-,12+,13-,17-,18-;;;/m000.../s1. The van der Waals surface area contributed by atoms with Crippen LogP contribution < -0.4 is 41.7 Å². The van der Waals surface area contributed by atoms with Gasteiger partial charge in [0.25, 0.3) is 0 Å². The number of piperidine rings is 3. The molecule has 18 heteroatoms. The van der Waals surface area contributed by atoms with Gasteiger partial charge in [0, 0.05) is 101 Å². The van der Waals surface area contributed by atoms with Gasteiger partial charge in [-0.3, -0.25) is 4.79 Å². The zero-order chi connectivity index (χ0) is 49.9. The molecule has 14 atom stereocenters. The predicted molar refractivity (Wildman–Crippen MR) is 318 cm³/mol. The summed E-state index contributed by atoms with van der Waals surface area (Å²) in [7, 11) is 11.8. The number of nitrogens with zero attached hydrogens (tertiary/aromatic N) is 3. The molecule has 72 heavy (non-hydrogen) atoms. The van der Waals surface area contributed by atoms with Crippen molar-refractivity contribution in [2.75, 3.05) is 62.1 Å². The van der Waals surface area contributed by atoms with Gasteiger partial charge in [-0.25, -0.2) is 0 Å². The van der Waals surface area contributed by atoms with E-state index in [1.807, 2.05) is 24.3 Å². The summed E-state index contributed by atoms with van der Waals surface area (Å²) < 4.78 is 35.5. The Hall–Kier alpha value is 0.0500. The summed E-state index contributed by atoms with van der Waals surface area (Å²) in [5.74, 6) is 6.89. The van der Waals surface area contributed by atoms with Gasteiger partial charge in [0.05, 0.1) is 27.4 Å². The molecule has 3 aromatic rings. The molecule has 3 saturated heterocycles. The zero-order valence-corrected chi connectivity index (χ0v) is 54.7. The normalized spacial score (nSPS) is 37.4. The summed E-state index contributed by atoms with van der Waals surface area (Å²) in [6, 6.07) is 14.3. The summed E-state index contributed by atoms with van der Waals surface area (Å²) in [4.78, 5) is 20.1. The molecule has 0 aromatic heterocycles. The van der Waals surface area contributed by atoms with Gasteiger partial charge < -0.3 is 53.3 Å². The molecule has 6 heterocycles. The number of likely N-dealkylation sites (tertiary alicyclic amines) is 3. The average molecular weight is 1660 g/mol. The van der Waals surface area contributed by atoms with Crippen LogP contribution in [0, 0.1) is 17.8 Å². The van der Waals surface area contributed by atoms with Crippen molar-refractivity contribution in [1.29, 1.82) is 0 Å². The van der Waals surface area contributed by atoms with Crippen LogP contribution in [0.15, 0.2) is 48.6 Å². The van der Waals surface area contributed by atoms with Gasteiger partial charge in [0.15, 0.2) is 46.4 Å². The number of halogens is 6. The Balaban J connectivity index is 0.000000118. The fourth-order valence-corrected chi connectivity index (χ4v) is 16.9. The predicted octanol–water partition coefficient (Wildman–Crippen LogP) is 6.32. The van der Waals surface area contributed by atoms with Crippen LogP contribution in [-0.4, -0.2) is 141 Å². The molecule has 3 aromatic carbocycles. The fourth-order valence-electron chi connectivity index (χ4n) is 16.9. The Kier molecular flexibility index (Phi) is 16.6. The second kappa shape index (κ2) is 21.6. The molecule has 2 saturated carbocycles. The number of Topliss-reactive ketones (excluding diaryl/α,β-unsaturated/α-hetero) is 1. The number of methoxy groups -OCH3 is 3. The van der Waals surface area contributed by atoms with E-state index in [1.165, 1.54) is 33.4 Å². The Morgan fingerprint density at radius 3 is 1.61 bits per heavy atom. The van der Waals surface area contributed by atoms with Crippen molar-refractivity contribution >= 4 is 104 Å². The molecular formula is C54H66I6N3O9-. The van der Waals surface area contributed by atoms with Crippen LogP contribution in [-0.2, 0) is 40.3 Å². The van der Waals surface area contributed by atoms with E-state index >= 15 is 0 Å². The van der Waals surface area contributed by atoms with E-state index in [0.717, 1.165) is 112 Å². The average Bonchev–Trinajstić information content (AvgIpc) is 4.05. The first-order valence-corrected chi connectivity index (χ1v) is 44.1. The minimum atomic E-state index is -0.539. The first-order chi connectivity index (χ1) is 34.4. The molecule has 2 N–H and O–H groups in total.